The molecule has 2 unspecified atom stereocenters. The third kappa shape index (κ3) is 3.21. The van der Waals surface area contributed by atoms with Crippen molar-refractivity contribution in [1.82, 2.24) is 5.32 Å². The molecule has 0 aromatic rings. The number of rotatable bonds is 3. The molecule has 0 aromatic heterocycles. The van der Waals surface area contributed by atoms with Crippen LogP contribution < -0.4 is 5.32 Å². The van der Waals surface area contributed by atoms with E-state index in [-0.39, 0.29) is 5.41 Å². The molecule has 1 heterocycles. The van der Waals surface area contributed by atoms with Crippen molar-refractivity contribution in [2.75, 3.05) is 12.3 Å². The second-order valence-corrected chi connectivity index (χ2v) is 5.83. The van der Waals surface area contributed by atoms with Crippen LogP contribution in [0.2, 0.25) is 0 Å². The molecule has 1 saturated heterocycles. The minimum absolute atomic E-state index is 0.229. The Morgan fingerprint density at radius 3 is 2.77 bits per heavy atom. The quantitative estimate of drug-likeness (QED) is 0.753. The van der Waals surface area contributed by atoms with Crippen LogP contribution in [-0.4, -0.2) is 23.6 Å². The fourth-order valence-electron chi connectivity index (χ4n) is 1.43. The van der Waals surface area contributed by atoms with Crippen molar-refractivity contribution in [3.63, 3.8) is 0 Å². The van der Waals surface area contributed by atoms with E-state index in [2.05, 4.69) is 18.3 Å². The number of nitriles is 1. The zero-order valence-electron chi connectivity index (χ0n) is 8.63. The maximum atomic E-state index is 8.84. The van der Waals surface area contributed by atoms with Crippen molar-refractivity contribution in [1.29, 1.82) is 5.26 Å². The Hall–Kier alpha value is -0.200. The van der Waals surface area contributed by atoms with E-state index in [0.29, 0.717) is 11.3 Å². The molecule has 1 fully saturated rings. The Morgan fingerprint density at radius 1 is 1.62 bits per heavy atom. The summed E-state index contributed by atoms with van der Waals surface area (Å²) >= 11 is 2.02. The van der Waals surface area contributed by atoms with Gasteiger partial charge in [0.1, 0.15) is 0 Å². The third-order valence-corrected chi connectivity index (χ3v) is 3.81. The highest BCUT2D eigenvalue weighted by atomic mass is 32.2. The molecule has 0 aromatic carbocycles. The lowest BCUT2D eigenvalue weighted by molar-refractivity contribution is 0.398. The van der Waals surface area contributed by atoms with Crippen LogP contribution in [-0.2, 0) is 0 Å². The number of nitrogens with zero attached hydrogens (tertiary/aromatic N) is 1. The van der Waals surface area contributed by atoms with Crippen LogP contribution in [0.1, 0.15) is 27.2 Å². The van der Waals surface area contributed by atoms with Crippen LogP contribution in [0.3, 0.4) is 0 Å². The van der Waals surface area contributed by atoms with Gasteiger partial charge in [-0.2, -0.15) is 17.0 Å². The first-order chi connectivity index (χ1) is 6.05. The molecule has 13 heavy (non-hydrogen) atoms. The van der Waals surface area contributed by atoms with Crippen molar-refractivity contribution < 1.29 is 0 Å². The van der Waals surface area contributed by atoms with Crippen molar-refractivity contribution in [3.8, 4) is 6.07 Å². The molecule has 0 spiro atoms. The van der Waals surface area contributed by atoms with Crippen molar-refractivity contribution in [3.05, 3.63) is 0 Å². The summed E-state index contributed by atoms with van der Waals surface area (Å²) in [6.07, 6.45) is 1.24. The van der Waals surface area contributed by atoms with Gasteiger partial charge in [-0.1, -0.05) is 6.92 Å². The molecule has 0 saturated carbocycles. The smallest absolute Gasteiger partial charge is 0.0697 e. The zero-order valence-corrected chi connectivity index (χ0v) is 9.45. The summed E-state index contributed by atoms with van der Waals surface area (Å²) in [5.41, 5.74) is -0.229. The lowest BCUT2D eigenvalue weighted by Gasteiger charge is -2.22. The second kappa shape index (κ2) is 4.34. The molecule has 2 nitrogen and oxygen atoms in total. The van der Waals surface area contributed by atoms with Gasteiger partial charge in [-0.15, -0.1) is 0 Å². The van der Waals surface area contributed by atoms with E-state index in [9.17, 15) is 0 Å². The average molecular weight is 198 g/mol. The summed E-state index contributed by atoms with van der Waals surface area (Å²) in [7, 11) is 0. The van der Waals surface area contributed by atoms with E-state index >= 15 is 0 Å². The lowest BCUT2D eigenvalue weighted by atomic mass is 9.95. The average Bonchev–Trinajstić information content (AvgIpc) is 2.48. The summed E-state index contributed by atoms with van der Waals surface area (Å²) < 4.78 is 0. The molecule has 74 valence electrons. The third-order valence-electron chi connectivity index (χ3n) is 2.49. The van der Waals surface area contributed by atoms with Crippen LogP contribution in [0.4, 0.5) is 0 Å². The van der Waals surface area contributed by atoms with Gasteiger partial charge in [0, 0.05) is 17.8 Å². The van der Waals surface area contributed by atoms with Gasteiger partial charge in [0.25, 0.3) is 0 Å². The highest BCUT2D eigenvalue weighted by Crippen LogP contribution is 2.26. The molecule has 2 atom stereocenters. The van der Waals surface area contributed by atoms with E-state index in [1.165, 1.54) is 12.2 Å². The Balaban J connectivity index is 2.30. The predicted octanol–water partition coefficient (Wildman–Crippen LogP) is 2.02. The maximum absolute atomic E-state index is 8.84. The molecule has 3 heteroatoms. The van der Waals surface area contributed by atoms with Gasteiger partial charge in [0.05, 0.1) is 11.5 Å². The standard InChI is InChI=1S/C10H18N2S/c1-8-9(4-5-13-8)12-7-10(2,3)6-11/h8-9,12H,4-5,7H2,1-3H3. The molecule has 1 rings (SSSR count). The van der Waals surface area contributed by atoms with Crippen LogP contribution in [0.5, 0.6) is 0 Å². The highest BCUT2D eigenvalue weighted by molar-refractivity contribution is 8.00. The van der Waals surface area contributed by atoms with Crippen LogP contribution in [0, 0.1) is 16.7 Å². The highest BCUT2D eigenvalue weighted by Gasteiger charge is 2.26. The summed E-state index contributed by atoms with van der Waals surface area (Å²) in [4.78, 5) is 0. The molecular formula is C10H18N2S. The zero-order chi connectivity index (χ0) is 9.90. The first-order valence-corrected chi connectivity index (χ1v) is 5.86. The minimum Gasteiger partial charge on any atom is -0.311 e. The number of thioether (sulfide) groups is 1. The van der Waals surface area contributed by atoms with Crippen molar-refractivity contribution >= 4 is 11.8 Å². The van der Waals surface area contributed by atoms with Gasteiger partial charge >= 0.3 is 0 Å². The molecule has 0 amide bonds. The Morgan fingerprint density at radius 2 is 2.31 bits per heavy atom. The van der Waals surface area contributed by atoms with E-state index in [4.69, 9.17) is 5.26 Å². The first-order valence-electron chi connectivity index (χ1n) is 4.81. The second-order valence-electron chi connectivity index (χ2n) is 4.35. The van der Waals surface area contributed by atoms with Gasteiger partial charge in [-0.05, 0) is 26.0 Å². The lowest BCUT2D eigenvalue weighted by Crippen LogP contribution is -2.39. The molecule has 1 aliphatic heterocycles. The number of hydrogen-bond donors (Lipinski definition) is 1. The normalized spacial score (nSPS) is 28.8. The van der Waals surface area contributed by atoms with E-state index in [0.717, 1.165) is 6.54 Å². The van der Waals surface area contributed by atoms with Gasteiger partial charge in [0.2, 0.25) is 0 Å². The Bertz CT molecular complexity index is 207. The van der Waals surface area contributed by atoms with Gasteiger partial charge < -0.3 is 5.32 Å². The summed E-state index contributed by atoms with van der Waals surface area (Å²) in [5, 5.41) is 13.0. The van der Waals surface area contributed by atoms with Crippen LogP contribution >= 0.6 is 11.8 Å². The topological polar surface area (TPSA) is 35.8 Å². The molecular weight excluding hydrogens is 180 g/mol. The fraction of sp³-hybridized carbons (Fsp3) is 0.900. The fourth-order valence-corrected chi connectivity index (χ4v) is 2.65. The summed E-state index contributed by atoms with van der Waals surface area (Å²) in [6, 6.07) is 2.92. The van der Waals surface area contributed by atoms with E-state index in [1.807, 2.05) is 25.6 Å². The molecule has 0 bridgehead atoms. The number of nitrogens with one attached hydrogen (secondary N) is 1. The maximum Gasteiger partial charge on any atom is 0.0697 e. The SMILES string of the molecule is CC1SCCC1NCC(C)(C)C#N. The van der Waals surface area contributed by atoms with Gasteiger partial charge in [0.15, 0.2) is 0 Å². The molecule has 1 N–H and O–H groups in total. The van der Waals surface area contributed by atoms with Crippen molar-refractivity contribution in [2.45, 2.75) is 38.5 Å². The first kappa shape index (κ1) is 10.9. The van der Waals surface area contributed by atoms with E-state index < -0.39 is 0 Å². The molecule has 1 aliphatic rings. The van der Waals surface area contributed by atoms with E-state index in [1.54, 1.807) is 0 Å². The van der Waals surface area contributed by atoms with Crippen LogP contribution in [0.15, 0.2) is 0 Å². The predicted molar refractivity (Wildman–Crippen MR) is 57.7 cm³/mol. The summed E-state index contributed by atoms with van der Waals surface area (Å²) in [6.45, 7) is 7.02. The summed E-state index contributed by atoms with van der Waals surface area (Å²) in [5.74, 6) is 1.26. The van der Waals surface area contributed by atoms with Crippen molar-refractivity contribution in [2.24, 2.45) is 5.41 Å². The monoisotopic (exact) mass is 198 g/mol. The molecule has 0 radical (unpaired) electrons. The molecule has 0 aliphatic carbocycles. The largest absolute Gasteiger partial charge is 0.311 e. The Labute approximate surface area is 85.1 Å². The number of hydrogen-bond acceptors (Lipinski definition) is 3. The van der Waals surface area contributed by atoms with Crippen LogP contribution in [0.25, 0.3) is 0 Å². The minimum atomic E-state index is -0.229. The Kier molecular flexibility index (Phi) is 3.63. The van der Waals surface area contributed by atoms with Gasteiger partial charge in [-0.3, -0.25) is 0 Å². The van der Waals surface area contributed by atoms with Gasteiger partial charge in [-0.25, -0.2) is 0 Å².